The second-order valence-corrected chi connectivity index (χ2v) is 7.70. The van der Waals surface area contributed by atoms with Crippen LogP contribution in [-0.4, -0.2) is 44.2 Å². The zero-order valence-corrected chi connectivity index (χ0v) is 16.7. The maximum Gasteiger partial charge on any atom is 0.256 e. The molecule has 0 aliphatic carbocycles. The number of anilines is 2. The first-order valence-electron chi connectivity index (χ1n) is 10.2. The molecule has 2 N–H and O–H groups in total. The number of methoxy groups -OCH3 is 1. The Hall–Kier alpha value is -2.70. The van der Waals surface area contributed by atoms with Gasteiger partial charge in [0.1, 0.15) is 5.60 Å². The molecule has 152 valence electrons. The molecule has 0 unspecified atom stereocenters. The molecule has 0 spiro atoms. The summed E-state index contributed by atoms with van der Waals surface area (Å²) in [4.78, 5) is 27.4. The molecule has 1 fully saturated rings. The molecule has 2 aromatic rings. The van der Waals surface area contributed by atoms with Gasteiger partial charge in [-0.3, -0.25) is 9.59 Å². The van der Waals surface area contributed by atoms with Gasteiger partial charge in [-0.1, -0.05) is 30.3 Å². The average Bonchev–Trinajstić information content (AvgIpc) is 3.20. The topological polar surface area (TPSA) is 70.7 Å². The molecule has 2 aliphatic heterocycles. The van der Waals surface area contributed by atoms with Crippen LogP contribution in [0.2, 0.25) is 0 Å². The second kappa shape index (κ2) is 8.35. The summed E-state index contributed by atoms with van der Waals surface area (Å²) in [5.41, 5.74) is 3.12. The molecule has 0 aromatic heterocycles. The zero-order chi connectivity index (χ0) is 20.3. The number of para-hydroxylation sites is 1. The van der Waals surface area contributed by atoms with Crippen LogP contribution < -0.4 is 15.5 Å². The number of hydrogen-bond donors (Lipinski definition) is 2. The largest absolute Gasteiger partial charge is 0.368 e. The van der Waals surface area contributed by atoms with E-state index in [2.05, 4.69) is 16.7 Å². The first kappa shape index (κ1) is 19.6. The molecule has 29 heavy (non-hydrogen) atoms. The molecule has 2 aliphatic rings. The average molecular weight is 393 g/mol. The molecule has 4 rings (SSSR count). The summed E-state index contributed by atoms with van der Waals surface area (Å²) in [6, 6.07) is 15.6. The molecule has 0 atom stereocenters. The number of amides is 2. The van der Waals surface area contributed by atoms with E-state index in [-0.39, 0.29) is 11.8 Å². The predicted molar refractivity (Wildman–Crippen MR) is 113 cm³/mol. The number of ether oxygens (including phenoxy) is 1. The number of carbonyl (C=O) groups is 2. The molecule has 0 saturated carbocycles. The van der Waals surface area contributed by atoms with Gasteiger partial charge in [-0.05, 0) is 61.7 Å². The normalized spacial score (nSPS) is 17.6. The Morgan fingerprint density at radius 3 is 2.55 bits per heavy atom. The third kappa shape index (κ3) is 4.04. The van der Waals surface area contributed by atoms with Gasteiger partial charge >= 0.3 is 0 Å². The Balaban J connectivity index is 1.38. The van der Waals surface area contributed by atoms with Gasteiger partial charge in [0.15, 0.2) is 0 Å². The first-order chi connectivity index (χ1) is 14.1. The predicted octanol–water partition coefficient (Wildman–Crippen LogP) is 2.53. The first-order valence-corrected chi connectivity index (χ1v) is 10.2. The van der Waals surface area contributed by atoms with E-state index < -0.39 is 5.60 Å². The van der Waals surface area contributed by atoms with Crippen molar-refractivity contribution >= 4 is 23.2 Å². The van der Waals surface area contributed by atoms with Gasteiger partial charge in [-0.2, -0.15) is 0 Å². The summed E-state index contributed by atoms with van der Waals surface area (Å²) in [5, 5.41) is 6.22. The lowest BCUT2D eigenvalue weighted by Crippen LogP contribution is -2.51. The molecule has 0 bridgehead atoms. The number of fused-ring (bicyclic) bond motifs is 1. The number of benzene rings is 2. The summed E-state index contributed by atoms with van der Waals surface area (Å²) < 4.78 is 5.57. The number of piperidine rings is 1. The van der Waals surface area contributed by atoms with Crippen molar-refractivity contribution in [2.75, 3.05) is 37.0 Å². The van der Waals surface area contributed by atoms with Crippen LogP contribution in [0, 0.1) is 0 Å². The maximum absolute atomic E-state index is 12.8. The summed E-state index contributed by atoms with van der Waals surface area (Å²) in [7, 11) is 1.59. The summed E-state index contributed by atoms with van der Waals surface area (Å²) in [6.07, 6.45) is 2.55. The highest BCUT2D eigenvalue weighted by Crippen LogP contribution is 2.28. The number of hydrogen-bond acceptors (Lipinski definition) is 4. The monoisotopic (exact) mass is 393 g/mol. The van der Waals surface area contributed by atoms with E-state index >= 15 is 0 Å². The van der Waals surface area contributed by atoms with E-state index in [1.165, 1.54) is 5.56 Å². The van der Waals surface area contributed by atoms with E-state index in [4.69, 9.17) is 4.74 Å². The lowest BCUT2D eigenvalue weighted by Gasteiger charge is -2.34. The molecule has 2 heterocycles. The number of rotatable bonds is 5. The lowest BCUT2D eigenvalue weighted by molar-refractivity contribution is -0.140. The highest BCUT2D eigenvalue weighted by Gasteiger charge is 2.39. The quantitative estimate of drug-likeness (QED) is 0.819. The van der Waals surface area contributed by atoms with Crippen LogP contribution in [0.25, 0.3) is 0 Å². The van der Waals surface area contributed by atoms with E-state index in [0.29, 0.717) is 24.9 Å². The van der Waals surface area contributed by atoms with E-state index in [1.807, 2.05) is 47.4 Å². The SMILES string of the molecule is COC1(C(=O)Nc2ccc(CC(=O)N3CCc4ccccc43)cc2)CCNCC1. The number of nitrogens with one attached hydrogen (secondary N) is 2. The van der Waals surface area contributed by atoms with Crippen LogP contribution >= 0.6 is 0 Å². The third-order valence-corrected chi connectivity index (χ3v) is 5.97. The molecular formula is C23H27N3O3. The van der Waals surface area contributed by atoms with Crippen molar-refractivity contribution < 1.29 is 14.3 Å². The van der Waals surface area contributed by atoms with Crippen LogP contribution in [0.1, 0.15) is 24.0 Å². The van der Waals surface area contributed by atoms with Crippen LogP contribution in [-0.2, 0) is 27.2 Å². The van der Waals surface area contributed by atoms with Gasteiger partial charge in [0.05, 0.1) is 6.42 Å². The van der Waals surface area contributed by atoms with Crippen molar-refractivity contribution in [2.24, 2.45) is 0 Å². The molecule has 1 saturated heterocycles. The Bertz CT molecular complexity index is 888. The molecule has 6 heteroatoms. The van der Waals surface area contributed by atoms with Gasteiger partial charge in [0, 0.05) is 25.0 Å². The van der Waals surface area contributed by atoms with Gasteiger partial charge in [0.2, 0.25) is 5.91 Å². The number of carbonyl (C=O) groups excluding carboxylic acids is 2. The highest BCUT2D eigenvalue weighted by atomic mass is 16.5. The van der Waals surface area contributed by atoms with Crippen molar-refractivity contribution in [3.05, 3.63) is 59.7 Å². The van der Waals surface area contributed by atoms with Crippen LogP contribution in [0.5, 0.6) is 0 Å². The maximum atomic E-state index is 12.8. The molecule has 2 amide bonds. The summed E-state index contributed by atoms with van der Waals surface area (Å²) in [5.74, 6) is -0.0150. The van der Waals surface area contributed by atoms with Crippen molar-refractivity contribution in [3.63, 3.8) is 0 Å². The zero-order valence-electron chi connectivity index (χ0n) is 16.7. The fourth-order valence-corrected chi connectivity index (χ4v) is 4.17. The number of nitrogens with zero attached hydrogens (tertiary/aromatic N) is 1. The van der Waals surface area contributed by atoms with Crippen molar-refractivity contribution in [3.8, 4) is 0 Å². The molecule has 2 aromatic carbocycles. The van der Waals surface area contributed by atoms with Crippen LogP contribution in [0.15, 0.2) is 48.5 Å². The minimum absolute atomic E-state index is 0.0970. The van der Waals surface area contributed by atoms with Crippen molar-refractivity contribution in [1.29, 1.82) is 0 Å². The van der Waals surface area contributed by atoms with Crippen LogP contribution in [0.3, 0.4) is 0 Å². The summed E-state index contributed by atoms with van der Waals surface area (Å²) in [6.45, 7) is 2.27. The van der Waals surface area contributed by atoms with Gasteiger partial charge < -0.3 is 20.3 Å². The van der Waals surface area contributed by atoms with E-state index in [1.54, 1.807) is 7.11 Å². The Kier molecular flexibility index (Phi) is 5.65. The third-order valence-electron chi connectivity index (χ3n) is 5.97. The summed E-state index contributed by atoms with van der Waals surface area (Å²) >= 11 is 0. The molecular weight excluding hydrogens is 366 g/mol. The van der Waals surface area contributed by atoms with Crippen molar-refractivity contribution in [1.82, 2.24) is 5.32 Å². The molecule has 0 radical (unpaired) electrons. The lowest BCUT2D eigenvalue weighted by atomic mass is 9.91. The molecule has 6 nitrogen and oxygen atoms in total. The highest BCUT2D eigenvalue weighted by molar-refractivity contribution is 5.98. The van der Waals surface area contributed by atoms with Gasteiger partial charge in [-0.15, -0.1) is 0 Å². The van der Waals surface area contributed by atoms with Gasteiger partial charge in [0.25, 0.3) is 5.91 Å². The Labute approximate surface area is 171 Å². The minimum atomic E-state index is -0.775. The fraction of sp³-hybridized carbons (Fsp3) is 0.391. The fourth-order valence-electron chi connectivity index (χ4n) is 4.17. The Morgan fingerprint density at radius 1 is 1.10 bits per heavy atom. The van der Waals surface area contributed by atoms with E-state index in [9.17, 15) is 9.59 Å². The standard InChI is InChI=1S/C23H27N3O3/c1-29-23(11-13-24-14-12-23)22(28)25-19-8-6-17(7-9-19)16-21(27)26-15-10-18-4-2-3-5-20(18)26/h2-9,24H,10-16H2,1H3,(H,25,28). The smallest absolute Gasteiger partial charge is 0.256 e. The Morgan fingerprint density at radius 2 is 1.83 bits per heavy atom. The van der Waals surface area contributed by atoms with Crippen LogP contribution in [0.4, 0.5) is 11.4 Å². The minimum Gasteiger partial charge on any atom is -0.368 e. The van der Waals surface area contributed by atoms with E-state index in [0.717, 1.165) is 37.3 Å². The second-order valence-electron chi connectivity index (χ2n) is 7.70. The van der Waals surface area contributed by atoms with Crippen molar-refractivity contribution in [2.45, 2.75) is 31.3 Å². The van der Waals surface area contributed by atoms with Gasteiger partial charge in [-0.25, -0.2) is 0 Å².